The Balaban J connectivity index is 1.20. The van der Waals surface area contributed by atoms with Crippen LogP contribution in [0, 0.1) is 11.3 Å². The predicted octanol–water partition coefficient (Wildman–Crippen LogP) is 4.12. The molecule has 3 aromatic rings. The average Bonchev–Trinajstić information content (AvgIpc) is 2.98. The second kappa shape index (κ2) is 11.5. The summed E-state index contributed by atoms with van der Waals surface area (Å²) in [6.07, 6.45) is 5.63. The molecule has 0 spiro atoms. The van der Waals surface area contributed by atoms with E-state index in [2.05, 4.69) is 37.9 Å². The molecule has 2 saturated heterocycles. The number of benzene rings is 2. The number of nitriles is 1. The van der Waals surface area contributed by atoms with Gasteiger partial charge in [-0.2, -0.15) is 5.26 Å². The number of carbonyl (C=O) groups is 1. The number of piperidine rings is 1. The van der Waals surface area contributed by atoms with Crippen molar-refractivity contribution in [2.24, 2.45) is 0 Å². The normalized spacial score (nSPS) is 18.2. The van der Waals surface area contributed by atoms with Crippen molar-refractivity contribution >= 4 is 11.7 Å². The number of aromatic nitrogens is 1. The van der Waals surface area contributed by atoms with E-state index in [1.165, 1.54) is 7.11 Å². The molecule has 1 aromatic heterocycles. The third-order valence-corrected chi connectivity index (χ3v) is 7.72. The molecule has 0 bridgehead atoms. The summed E-state index contributed by atoms with van der Waals surface area (Å²) >= 11 is 0. The highest BCUT2D eigenvalue weighted by Crippen LogP contribution is 2.30. The number of methoxy groups -OCH3 is 1. The van der Waals surface area contributed by atoms with Gasteiger partial charge in [0.1, 0.15) is 12.1 Å². The van der Waals surface area contributed by atoms with E-state index in [9.17, 15) is 10.1 Å². The van der Waals surface area contributed by atoms with Crippen LogP contribution in [0.5, 0.6) is 0 Å². The van der Waals surface area contributed by atoms with Crippen LogP contribution < -0.4 is 4.90 Å². The fourth-order valence-electron chi connectivity index (χ4n) is 5.69. The van der Waals surface area contributed by atoms with Crippen LogP contribution in [0.3, 0.4) is 0 Å². The molecule has 2 fully saturated rings. The van der Waals surface area contributed by atoms with E-state index >= 15 is 0 Å². The number of anilines is 1. The number of esters is 1. The van der Waals surface area contributed by atoms with E-state index in [0.717, 1.165) is 80.1 Å². The Morgan fingerprint density at radius 3 is 2.22 bits per heavy atom. The van der Waals surface area contributed by atoms with E-state index in [-0.39, 0.29) is 5.97 Å². The minimum atomic E-state index is -0.392. The van der Waals surface area contributed by atoms with Crippen molar-refractivity contribution in [2.45, 2.75) is 24.9 Å². The molecular weight excluding hydrogens is 462 g/mol. The molecule has 0 amide bonds. The summed E-state index contributed by atoms with van der Waals surface area (Å²) in [5, 5.41) is 9.45. The van der Waals surface area contributed by atoms with Crippen LogP contribution in [0.4, 0.5) is 5.69 Å². The largest absolute Gasteiger partial charge is 0.468 e. The lowest BCUT2D eigenvalue weighted by Gasteiger charge is -2.44. The van der Waals surface area contributed by atoms with Crippen LogP contribution in [-0.2, 0) is 9.53 Å². The van der Waals surface area contributed by atoms with E-state index in [4.69, 9.17) is 4.74 Å². The van der Waals surface area contributed by atoms with Gasteiger partial charge >= 0.3 is 5.97 Å². The number of hydrogen-bond acceptors (Lipinski definition) is 7. The first-order chi connectivity index (χ1) is 18.2. The van der Waals surface area contributed by atoms with Gasteiger partial charge in [0.05, 0.1) is 18.4 Å². The Hall–Kier alpha value is -3.73. The molecule has 0 N–H and O–H groups in total. The average molecular weight is 496 g/mol. The van der Waals surface area contributed by atoms with Crippen molar-refractivity contribution in [3.8, 4) is 17.2 Å². The number of nitrogens with zero attached hydrogens (tertiary/aromatic N) is 5. The summed E-state index contributed by atoms with van der Waals surface area (Å²) in [5.74, 6) is -0.208. The summed E-state index contributed by atoms with van der Waals surface area (Å²) < 4.78 is 5.22. The van der Waals surface area contributed by atoms with Crippen molar-refractivity contribution in [3.63, 3.8) is 0 Å². The third kappa shape index (κ3) is 5.51. The lowest BCUT2D eigenvalue weighted by molar-refractivity contribution is -0.148. The molecule has 7 nitrogen and oxygen atoms in total. The highest BCUT2D eigenvalue weighted by atomic mass is 16.5. The van der Waals surface area contributed by atoms with Gasteiger partial charge in [0, 0.05) is 57.7 Å². The molecular formula is C30H33N5O2. The highest BCUT2D eigenvalue weighted by molar-refractivity contribution is 5.78. The number of pyridine rings is 1. The van der Waals surface area contributed by atoms with Gasteiger partial charge in [0.15, 0.2) is 0 Å². The van der Waals surface area contributed by atoms with Crippen molar-refractivity contribution in [1.29, 1.82) is 5.26 Å². The van der Waals surface area contributed by atoms with Crippen molar-refractivity contribution in [3.05, 3.63) is 84.2 Å². The summed E-state index contributed by atoms with van der Waals surface area (Å²) in [7, 11) is 1.47. The number of ether oxygens (including phenoxy) is 1. The van der Waals surface area contributed by atoms with Crippen molar-refractivity contribution < 1.29 is 9.53 Å². The molecule has 3 heterocycles. The number of likely N-dealkylation sites (tertiary alicyclic amines) is 1. The second-order valence-electron chi connectivity index (χ2n) is 9.70. The van der Waals surface area contributed by atoms with E-state index in [1.807, 2.05) is 48.5 Å². The third-order valence-electron chi connectivity index (χ3n) is 7.72. The molecule has 7 heteroatoms. The van der Waals surface area contributed by atoms with Gasteiger partial charge in [-0.05, 0) is 53.8 Å². The summed E-state index contributed by atoms with van der Waals surface area (Å²) in [4.78, 5) is 24.1. The predicted molar refractivity (Wildman–Crippen MR) is 144 cm³/mol. The van der Waals surface area contributed by atoms with Gasteiger partial charge in [-0.15, -0.1) is 0 Å². The number of carbonyl (C=O) groups excluding carboxylic acids is 1. The molecule has 37 heavy (non-hydrogen) atoms. The first kappa shape index (κ1) is 24.9. The minimum absolute atomic E-state index is 0.208. The Bertz CT molecular complexity index is 1220. The van der Waals surface area contributed by atoms with Crippen LogP contribution in [-0.4, -0.2) is 73.2 Å². The van der Waals surface area contributed by atoms with Gasteiger partial charge in [0.25, 0.3) is 0 Å². The van der Waals surface area contributed by atoms with Gasteiger partial charge in [-0.1, -0.05) is 36.4 Å². The lowest BCUT2D eigenvalue weighted by Crippen LogP contribution is -2.54. The fraction of sp³-hybridized carbons (Fsp3) is 0.367. The zero-order chi connectivity index (χ0) is 25.6. The maximum absolute atomic E-state index is 12.9. The SMILES string of the molecule is COC(=O)C(c1ccc(-c2ccncc2)cc1)N1CCC(N2CCN(c3ccccc3C#N)CC2)CC1. The molecule has 0 radical (unpaired) electrons. The second-order valence-corrected chi connectivity index (χ2v) is 9.70. The summed E-state index contributed by atoms with van der Waals surface area (Å²) in [6, 6.07) is 22.5. The zero-order valence-electron chi connectivity index (χ0n) is 21.3. The zero-order valence-corrected chi connectivity index (χ0v) is 21.3. The minimum Gasteiger partial charge on any atom is -0.468 e. The smallest absolute Gasteiger partial charge is 0.327 e. The molecule has 190 valence electrons. The first-order valence-electron chi connectivity index (χ1n) is 13.0. The molecule has 5 rings (SSSR count). The maximum Gasteiger partial charge on any atom is 0.327 e. The number of hydrogen-bond donors (Lipinski definition) is 0. The summed E-state index contributed by atoms with van der Waals surface area (Å²) in [6.45, 7) is 5.53. The Kier molecular flexibility index (Phi) is 7.79. The summed E-state index contributed by atoms with van der Waals surface area (Å²) in [5.41, 5.74) is 4.95. The lowest BCUT2D eigenvalue weighted by atomic mass is 9.96. The highest BCUT2D eigenvalue weighted by Gasteiger charge is 2.34. The molecule has 2 aliphatic heterocycles. The van der Waals surface area contributed by atoms with Crippen LogP contribution in [0.25, 0.3) is 11.1 Å². The molecule has 0 aliphatic carbocycles. The van der Waals surface area contributed by atoms with Crippen LogP contribution in [0.15, 0.2) is 73.1 Å². The van der Waals surface area contributed by atoms with Gasteiger partial charge in [-0.25, -0.2) is 4.79 Å². The van der Waals surface area contributed by atoms with Crippen LogP contribution in [0.2, 0.25) is 0 Å². The van der Waals surface area contributed by atoms with E-state index in [0.29, 0.717) is 6.04 Å². The Morgan fingerprint density at radius 1 is 0.919 bits per heavy atom. The van der Waals surface area contributed by atoms with Crippen LogP contribution in [0.1, 0.15) is 30.0 Å². The number of rotatable bonds is 6. The Labute approximate surface area is 218 Å². The van der Waals surface area contributed by atoms with Gasteiger partial charge < -0.3 is 9.64 Å². The molecule has 1 atom stereocenters. The van der Waals surface area contributed by atoms with E-state index < -0.39 is 6.04 Å². The molecule has 2 aromatic carbocycles. The standard InChI is InChI=1S/C30H33N5O2/c1-37-30(36)29(25-8-6-23(7-9-25)24-10-14-32-15-11-24)35-16-12-27(13-17-35)33-18-20-34(21-19-33)28-5-3-2-4-26(28)22-31/h2-11,14-15,27,29H,12-13,16-21H2,1H3. The molecule has 1 unspecified atom stereocenters. The fourth-order valence-corrected chi connectivity index (χ4v) is 5.69. The van der Waals surface area contributed by atoms with Crippen molar-refractivity contribution in [2.75, 3.05) is 51.3 Å². The maximum atomic E-state index is 12.9. The van der Waals surface area contributed by atoms with Crippen molar-refractivity contribution in [1.82, 2.24) is 14.8 Å². The van der Waals surface area contributed by atoms with Gasteiger partial charge in [-0.3, -0.25) is 14.8 Å². The Morgan fingerprint density at radius 2 is 1.57 bits per heavy atom. The molecule has 0 saturated carbocycles. The number of piperazine rings is 1. The monoisotopic (exact) mass is 495 g/mol. The van der Waals surface area contributed by atoms with E-state index in [1.54, 1.807) is 12.4 Å². The van der Waals surface area contributed by atoms with Gasteiger partial charge in [0.2, 0.25) is 0 Å². The quantitative estimate of drug-likeness (QED) is 0.476. The van der Waals surface area contributed by atoms with Crippen LogP contribution >= 0.6 is 0 Å². The first-order valence-corrected chi connectivity index (χ1v) is 13.0. The molecule has 2 aliphatic rings. The number of para-hydroxylation sites is 1. The topological polar surface area (TPSA) is 72.7 Å².